The third-order valence-electron chi connectivity index (χ3n) is 5.21. The normalized spacial score (nSPS) is 17.6. The number of ether oxygens (including phenoxy) is 1. The van der Waals surface area contributed by atoms with Crippen molar-refractivity contribution in [3.05, 3.63) is 71.4 Å². The fourth-order valence-corrected chi connectivity index (χ4v) is 3.56. The number of nitrogens with one attached hydrogen (secondary N) is 2. The number of fused-ring (bicyclic) bond motifs is 1. The predicted octanol–water partition coefficient (Wildman–Crippen LogP) is 4.68. The van der Waals surface area contributed by atoms with Crippen molar-refractivity contribution in [3.8, 4) is 11.8 Å². The average molecular weight is 441 g/mol. The van der Waals surface area contributed by atoms with E-state index in [9.17, 15) is 18.0 Å². The quantitative estimate of drug-likeness (QED) is 0.614. The van der Waals surface area contributed by atoms with E-state index < -0.39 is 24.2 Å². The van der Waals surface area contributed by atoms with E-state index in [1.165, 1.54) is 37.4 Å². The first-order valence-corrected chi connectivity index (χ1v) is 9.67. The molecular formula is C22H18F3N5O2. The number of hydrogen-bond donors (Lipinski definition) is 2. The number of halogens is 3. The van der Waals surface area contributed by atoms with Crippen molar-refractivity contribution in [2.45, 2.75) is 24.7 Å². The van der Waals surface area contributed by atoms with E-state index >= 15 is 0 Å². The number of hydrogen-bond acceptors (Lipinski definition) is 5. The van der Waals surface area contributed by atoms with Crippen LogP contribution >= 0.6 is 0 Å². The molecule has 2 heterocycles. The molecule has 0 spiro atoms. The van der Waals surface area contributed by atoms with Crippen molar-refractivity contribution in [3.63, 3.8) is 0 Å². The predicted molar refractivity (Wildman–Crippen MR) is 110 cm³/mol. The first-order chi connectivity index (χ1) is 15.3. The second-order valence-electron chi connectivity index (χ2n) is 7.27. The SMILES string of the molecule is COc1ccc([C@H]2C[C@@H](C(F)(F)F)n3nc(C(=O)Nc4ccc(C#N)cc4)cc3N2)cc1. The van der Waals surface area contributed by atoms with Crippen LogP contribution < -0.4 is 15.4 Å². The number of nitriles is 1. The Morgan fingerprint density at radius 1 is 1.22 bits per heavy atom. The highest BCUT2D eigenvalue weighted by molar-refractivity contribution is 6.03. The van der Waals surface area contributed by atoms with Crippen molar-refractivity contribution < 1.29 is 22.7 Å². The van der Waals surface area contributed by atoms with Crippen LogP contribution in [0.2, 0.25) is 0 Å². The summed E-state index contributed by atoms with van der Waals surface area (Å²) in [5.41, 5.74) is 1.33. The number of benzene rings is 2. The molecule has 164 valence electrons. The van der Waals surface area contributed by atoms with Crippen LogP contribution in [0.3, 0.4) is 0 Å². The summed E-state index contributed by atoms with van der Waals surface area (Å²) in [5.74, 6) is 0.0495. The van der Waals surface area contributed by atoms with Crippen LogP contribution in [0.4, 0.5) is 24.7 Å². The molecule has 0 saturated carbocycles. The Hall–Kier alpha value is -4.00. The van der Waals surface area contributed by atoms with Crippen LogP contribution in [-0.2, 0) is 0 Å². The summed E-state index contributed by atoms with van der Waals surface area (Å²) < 4.78 is 47.4. The second-order valence-corrected chi connectivity index (χ2v) is 7.27. The van der Waals surface area contributed by atoms with Crippen LogP contribution in [0, 0.1) is 11.3 Å². The summed E-state index contributed by atoms with van der Waals surface area (Å²) in [6.45, 7) is 0. The molecule has 7 nitrogen and oxygen atoms in total. The summed E-state index contributed by atoms with van der Waals surface area (Å²) in [6.07, 6.45) is -4.82. The first-order valence-electron chi connectivity index (χ1n) is 9.67. The summed E-state index contributed by atoms with van der Waals surface area (Å²) >= 11 is 0. The number of aromatic nitrogens is 2. The Bertz CT molecular complexity index is 1160. The Morgan fingerprint density at radius 2 is 1.91 bits per heavy atom. The van der Waals surface area contributed by atoms with Gasteiger partial charge in [-0.25, -0.2) is 4.68 Å². The van der Waals surface area contributed by atoms with Crippen LogP contribution in [0.15, 0.2) is 54.6 Å². The molecule has 0 unspecified atom stereocenters. The number of alkyl halides is 3. The molecule has 2 atom stereocenters. The molecular weight excluding hydrogens is 423 g/mol. The van der Waals surface area contributed by atoms with Gasteiger partial charge in [0, 0.05) is 18.2 Å². The van der Waals surface area contributed by atoms with Gasteiger partial charge in [0.1, 0.15) is 11.6 Å². The molecule has 4 rings (SSSR count). The summed E-state index contributed by atoms with van der Waals surface area (Å²) in [7, 11) is 1.51. The average Bonchev–Trinajstić information content (AvgIpc) is 3.22. The van der Waals surface area contributed by atoms with Gasteiger partial charge in [-0.1, -0.05) is 12.1 Å². The van der Waals surface area contributed by atoms with Gasteiger partial charge in [-0.2, -0.15) is 23.5 Å². The van der Waals surface area contributed by atoms with Crippen molar-refractivity contribution >= 4 is 17.4 Å². The minimum absolute atomic E-state index is 0.101. The third-order valence-corrected chi connectivity index (χ3v) is 5.21. The van der Waals surface area contributed by atoms with Gasteiger partial charge in [0.2, 0.25) is 0 Å². The lowest BCUT2D eigenvalue weighted by atomic mass is 9.97. The zero-order valence-corrected chi connectivity index (χ0v) is 16.8. The van der Waals surface area contributed by atoms with Gasteiger partial charge in [0.05, 0.1) is 24.8 Å². The molecule has 32 heavy (non-hydrogen) atoms. The molecule has 2 N–H and O–H groups in total. The van der Waals surface area contributed by atoms with Crippen LogP contribution in [0.25, 0.3) is 0 Å². The van der Waals surface area contributed by atoms with Gasteiger partial charge < -0.3 is 15.4 Å². The first kappa shape index (κ1) is 21.2. The maximum atomic E-state index is 13.8. The number of nitrogens with zero attached hydrogens (tertiary/aromatic N) is 3. The van der Waals surface area contributed by atoms with Crippen LogP contribution in [0.5, 0.6) is 5.75 Å². The van der Waals surface area contributed by atoms with Gasteiger partial charge in [-0.15, -0.1) is 0 Å². The molecule has 1 amide bonds. The Labute approximate surface area is 181 Å². The Kier molecular flexibility index (Phi) is 5.48. The maximum absolute atomic E-state index is 13.8. The minimum Gasteiger partial charge on any atom is -0.497 e. The van der Waals surface area contributed by atoms with E-state index in [2.05, 4.69) is 15.7 Å². The summed E-state index contributed by atoms with van der Waals surface area (Å²) in [5, 5.41) is 18.4. The van der Waals surface area contributed by atoms with E-state index in [0.29, 0.717) is 22.6 Å². The highest BCUT2D eigenvalue weighted by Crippen LogP contribution is 2.43. The van der Waals surface area contributed by atoms with Crippen LogP contribution in [-0.4, -0.2) is 29.0 Å². The highest BCUT2D eigenvalue weighted by Gasteiger charge is 2.46. The fourth-order valence-electron chi connectivity index (χ4n) is 3.56. The molecule has 0 fully saturated rings. The topological polar surface area (TPSA) is 92.0 Å². The van der Waals surface area contributed by atoms with Crippen LogP contribution in [0.1, 0.15) is 40.1 Å². The smallest absolute Gasteiger partial charge is 0.410 e. The monoisotopic (exact) mass is 441 g/mol. The van der Waals surface area contributed by atoms with E-state index in [0.717, 1.165) is 4.68 Å². The van der Waals surface area contributed by atoms with E-state index in [-0.39, 0.29) is 17.9 Å². The number of carbonyl (C=O) groups is 1. The summed E-state index contributed by atoms with van der Waals surface area (Å²) in [4.78, 5) is 12.6. The second kappa shape index (κ2) is 8.26. The molecule has 0 bridgehead atoms. The zero-order chi connectivity index (χ0) is 22.9. The molecule has 10 heteroatoms. The van der Waals surface area contributed by atoms with Crippen molar-refractivity contribution in [2.24, 2.45) is 0 Å². The van der Waals surface area contributed by atoms with Gasteiger partial charge >= 0.3 is 6.18 Å². The number of methoxy groups -OCH3 is 1. The van der Waals surface area contributed by atoms with Gasteiger partial charge in [-0.05, 0) is 42.0 Å². The van der Waals surface area contributed by atoms with Crippen molar-refractivity contribution in [1.82, 2.24) is 9.78 Å². The number of carbonyl (C=O) groups excluding carboxylic acids is 1. The standard InChI is InChI=1S/C22H18F3N5O2/c1-32-16-8-4-14(5-9-16)17-10-19(22(23,24)25)30-20(28-17)11-18(29-30)21(31)27-15-6-2-13(12-26)3-7-15/h2-9,11,17,19,28H,10H2,1H3,(H,27,31)/t17-,19+/m1/s1. The molecule has 1 aliphatic rings. The van der Waals surface area contributed by atoms with Gasteiger partial charge in [0.25, 0.3) is 5.91 Å². The maximum Gasteiger partial charge on any atom is 0.410 e. The van der Waals surface area contributed by atoms with E-state index in [4.69, 9.17) is 10.00 Å². The number of amides is 1. The molecule has 0 saturated heterocycles. The molecule has 3 aromatic rings. The molecule has 0 aliphatic carbocycles. The molecule has 1 aliphatic heterocycles. The number of anilines is 2. The Balaban J connectivity index is 1.61. The van der Waals surface area contributed by atoms with Gasteiger partial charge in [-0.3, -0.25) is 4.79 Å². The molecule has 1 aromatic heterocycles. The third kappa shape index (κ3) is 4.23. The summed E-state index contributed by atoms with van der Waals surface area (Å²) in [6, 6.07) is 13.6. The fraction of sp³-hybridized carbons (Fsp3) is 0.227. The van der Waals surface area contributed by atoms with Crippen molar-refractivity contribution in [2.75, 3.05) is 17.7 Å². The Morgan fingerprint density at radius 3 is 2.50 bits per heavy atom. The molecule has 0 radical (unpaired) electrons. The number of rotatable bonds is 4. The van der Waals surface area contributed by atoms with Crippen molar-refractivity contribution in [1.29, 1.82) is 5.26 Å². The minimum atomic E-state index is -4.55. The van der Waals surface area contributed by atoms with Gasteiger partial charge in [0.15, 0.2) is 11.7 Å². The zero-order valence-electron chi connectivity index (χ0n) is 16.8. The highest BCUT2D eigenvalue weighted by atomic mass is 19.4. The lowest BCUT2D eigenvalue weighted by Gasteiger charge is -2.33. The molecule has 2 aromatic carbocycles. The lowest BCUT2D eigenvalue weighted by Crippen LogP contribution is -2.35. The van der Waals surface area contributed by atoms with E-state index in [1.807, 2.05) is 6.07 Å². The van der Waals surface area contributed by atoms with E-state index in [1.54, 1.807) is 24.3 Å². The largest absolute Gasteiger partial charge is 0.497 e. The lowest BCUT2D eigenvalue weighted by molar-refractivity contribution is -0.173.